The summed E-state index contributed by atoms with van der Waals surface area (Å²) in [5.74, 6) is 1.72. The standard InChI is InChI=1S/C24H36O5/c1-14(25)29-16-9-10-23(2)15(11-16)5-6-17-18-7-8-19(21(27)13-28-4)24(18,3)12-20(26)22(17)23/h15-19,22H,5-13H2,1-4H3/t15-,16+,17-,18-,19+,22+,23-,24-/m0/s1. The topological polar surface area (TPSA) is 69.7 Å². The normalized spacial score (nSPS) is 46.4. The molecule has 0 aromatic rings. The summed E-state index contributed by atoms with van der Waals surface area (Å²) in [6, 6.07) is 0. The minimum atomic E-state index is -0.202. The van der Waals surface area contributed by atoms with Crippen LogP contribution in [-0.2, 0) is 23.9 Å². The van der Waals surface area contributed by atoms with E-state index in [0.29, 0.717) is 30.0 Å². The molecule has 4 aliphatic rings. The summed E-state index contributed by atoms with van der Waals surface area (Å²) in [4.78, 5) is 37.7. The highest BCUT2D eigenvalue weighted by Gasteiger charge is 2.64. The third-order valence-electron chi connectivity index (χ3n) is 9.31. The number of esters is 1. The van der Waals surface area contributed by atoms with Gasteiger partial charge in [-0.2, -0.15) is 0 Å². The molecule has 0 radical (unpaired) electrons. The molecule has 29 heavy (non-hydrogen) atoms. The largest absolute Gasteiger partial charge is 0.463 e. The molecule has 4 rings (SSSR count). The van der Waals surface area contributed by atoms with Crippen LogP contribution in [0, 0.1) is 40.4 Å². The quantitative estimate of drug-likeness (QED) is 0.663. The van der Waals surface area contributed by atoms with Crippen LogP contribution in [0.25, 0.3) is 0 Å². The smallest absolute Gasteiger partial charge is 0.302 e. The van der Waals surface area contributed by atoms with Crippen molar-refractivity contribution in [3.63, 3.8) is 0 Å². The molecule has 4 aliphatic carbocycles. The van der Waals surface area contributed by atoms with E-state index in [4.69, 9.17) is 9.47 Å². The molecule has 8 atom stereocenters. The van der Waals surface area contributed by atoms with Crippen molar-refractivity contribution in [3.8, 4) is 0 Å². The van der Waals surface area contributed by atoms with Crippen molar-refractivity contribution >= 4 is 17.5 Å². The number of rotatable bonds is 4. The van der Waals surface area contributed by atoms with Crippen LogP contribution in [-0.4, -0.2) is 37.4 Å². The molecule has 0 aromatic carbocycles. The molecular formula is C24H36O5. The minimum absolute atomic E-state index is 0.00655. The predicted molar refractivity (Wildman–Crippen MR) is 108 cm³/mol. The Bertz CT molecular complexity index is 701. The van der Waals surface area contributed by atoms with Gasteiger partial charge < -0.3 is 9.47 Å². The zero-order chi connectivity index (χ0) is 21.0. The first-order chi connectivity index (χ1) is 13.7. The molecular weight excluding hydrogens is 368 g/mol. The first-order valence-corrected chi connectivity index (χ1v) is 11.4. The van der Waals surface area contributed by atoms with Gasteiger partial charge in [0.25, 0.3) is 0 Å². The van der Waals surface area contributed by atoms with Gasteiger partial charge >= 0.3 is 5.97 Å². The summed E-state index contributed by atoms with van der Waals surface area (Å²) in [6.45, 7) is 6.16. The van der Waals surface area contributed by atoms with Gasteiger partial charge in [-0.1, -0.05) is 13.8 Å². The first-order valence-electron chi connectivity index (χ1n) is 11.4. The van der Waals surface area contributed by atoms with E-state index in [1.807, 2.05) is 0 Å². The first kappa shape index (κ1) is 21.0. The van der Waals surface area contributed by atoms with Gasteiger partial charge in [0.15, 0.2) is 5.78 Å². The lowest BCUT2D eigenvalue weighted by Crippen LogP contribution is -2.58. The third-order valence-corrected chi connectivity index (χ3v) is 9.31. The van der Waals surface area contributed by atoms with Crippen LogP contribution in [0.1, 0.15) is 72.1 Å². The zero-order valence-corrected chi connectivity index (χ0v) is 18.4. The molecule has 0 bridgehead atoms. The van der Waals surface area contributed by atoms with E-state index >= 15 is 0 Å². The summed E-state index contributed by atoms with van der Waals surface area (Å²) in [5.41, 5.74) is -0.196. The van der Waals surface area contributed by atoms with E-state index in [2.05, 4.69) is 13.8 Å². The Labute approximate surface area is 174 Å². The number of ketones is 2. The second-order valence-corrected chi connectivity index (χ2v) is 10.7. The molecule has 0 spiro atoms. The van der Waals surface area contributed by atoms with E-state index in [1.54, 1.807) is 7.11 Å². The van der Waals surface area contributed by atoms with Crippen LogP contribution in [0.3, 0.4) is 0 Å². The van der Waals surface area contributed by atoms with Crippen molar-refractivity contribution in [3.05, 3.63) is 0 Å². The van der Waals surface area contributed by atoms with Crippen molar-refractivity contribution in [1.29, 1.82) is 0 Å². The summed E-state index contributed by atoms with van der Waals surface area (Å²) in [6.07, 6.45) is 7.38. The molecule has 0 amide bonds. The number of ether oxygens (including phenoxy) is 2. The van der Waals surface area contributed by atoms with Crippen molar-refractivity contribution in [2.45, 2.75) is 78.2 Å². The second kappa shape index (κ2) is 7.47. The fourth-order valence-corrected chi connectivity index (χ4v) is 8.15. The summed E-state index contributed by atoms with van der Waals surface area (Å²) in [5, 5.41) is 0. The lowest BCUT2D eigenvalue weighted by molar-refractivity contribution is -0.169. The lowest BCUT2D eigenvalue weighted by Gasteiger charge is -2.59. The number of carbonyl (C=O) groups is 3. The molecule has 0 saturated heterocycles. The van der Waals surface area contributed by atoms with Crippen molar-refractivity contribution in [1.82, 2.24) is 0 Å². The maximum absolute atomic E-state index is 13.6. The van der Waals surface area contributed by atoms with E-state index in [9.17, 15) is 14.4 Å². The lowest BCUT2D eigenvalue weighted by atomic mass is 9.44. The Morgan fingerprint density at radius 1 is 1.07 bits per heavy atom. The Hall–Kier alpha value is -1.23. The molecule has 162 valence electrons. The molecule has 5 nitrogen and oxygen atoms in total. The van der Waals surface area contributed by atoms with Gasteiger partial charge in [-0.15, -0.1) is 0 Å². The van der Waals surface area contributed by atoms with Crippen LogP contribution >= 0.6 is 0 Å². The van der Waals surface area contributed by atoms with Crippen LogP contribution in [0.4, 0.5) is 0 Å². The highest BCUT2D eigenvalue weighted by atomic mass is 16.5. The average Bonchev–Trinajstić information content (AvgIpc) is 2.98. The van der Waals surface area contributed by atoms with Crippen LogP contribution in [0.2, 0.25) is 0 Å². The molecule has 4 saturated carbocycles. The average molecular weight is 405 g/mol. The molecule has 0 heterocycles. The van der Waals surface area contributed by atoms with E-state index in [0.717, 1.165) is 44.9 Å². The Morgan fingerprint density at radius 3 is 2.52 bits per heavy atom. The van der Waals surface area contributed by atoms with E-state index in [-0.39, 0.29) is 47.1 Å². The maximum Gasteiger partial charge on any atom is 0.302 e. The highest BCUT2D eigenvalue weighted by molar-refractivity contribution is 5.88. The number of hydrogen-bond acceptors (Lipinski definition) is 5. The summed E-state index contributed by atoms with van der Waals surface area (Å²) in [7, 11) is 1.57. The highest BCUT2D eigenvalue weighted by Crippen LogP contribution is 2.66. The molecule has 5 heteroatoms. The molecule has 4 fully saturated rings. The predicted octanol–water partition coefficient (Wildman–Crippen LogP) is 3.97. The number of Topliss-reactive ketones (excluding diaryl/α,β-unsaturated/α-hetero) is 2. The number of methoxy groups -OCH3 is 1. The van der Waals surface area contributed by atoms with Crippen LogP contribution in [0.5, 0.6) is 0 Å². The number of fused-ring (bicyclic) bond motifs is 5. The van der Waals surface area contributed by atoms with Gasteiger partial charge in [-0.25, -0.2) is 0 Å². The van der Waals surface area contributed by atoms with Gasteiger partial charge in [0.05, 0.1) is 0 Å². The Kier molecular flexibility index (Phi) is 5.42. The van der Waals surface area contributed by atoms with Crippen molar-refractivity contribution in [2.75, 3.05) is 13.7 Å². The monoisotopic (exact) mass is 404 g/mol. The van der Waals surface area contributed by atoms with E-state index in [1.165, 1.54) is 6.92 Å². The van der Waals surface area contributed by atoms with E-state index < -0.39 is 0 Å². The fourth-order valence-electron chi connectivity index (χ4n) is 8.15. The molecule has 0 aliphatic heterocycles. The fraction of sp³-hybridized carbons (Fsp3) is 0.875. The van der Waals surface area contributed by atoms with Gasteiger partial charge in [0.1, 0.15) is 18.5 Å². The number of carbonyl (C=O) groups excluding carboxylic acids is 3. The Morgan fingerprint density at radius 2 is 1.83 bits per heavy atom. The molecule has 0 unspecified atom stereocenters. The molecule has 0 aromatic heterocycles. The third kappa shape index (κ3) is 3.28. The second-order valence-electron chi connectivity index (χ2n) is 10.7. The van der Waals surface area contributed by atoms with Gasteiger partial charge in [-0.3, -0.25) is 14.4 Å². The summed E-state index contributed by atoms with van der Waals surface area (Å²) < 4.78 is 10.7. The maximum atomic E-state index is 13.6. The minimum Gasteiger partial charge on any atom is -0.463 e. The van der Waals surface area contributed by atoms with Crippen molar-refractivity contribution in [2.24, 2.45) is 40.4 Å². The zero-order valence-electron chi connectivity index (χ0n) is 18.4. The summed E-state index contributed by atoms with van der Waals surface area (Å²) >= 11 is 0. The van der Waals surface area contributed by atoms with Crippen molar-refractivity contribution < 1.29 is 23.9 Å². The van der Waals surface area contributed by atoms with Gasteiger partial charge in [0, 0.05) is 32.3 Å². The Balaban J connectivity index is 1.57. The molecule has 0 N–H and O–H groups in total. The SMILES string of the molecule is COCC(=O)[C@H]1CC[C@H]2[C@@H]3CC[C@H]4C[C@H](OC(C)=O)CC[C@]4(C)[C@H]3C(=O)C[C@]12C. The number of hydrogen-bond donors (Lipinski definition) is 0. The van der Waals surface area contributed by atoms with Gasteiger partial charge in [-0.05, 0) is 73.5 Å². The van der Waals surface area contributed by atoms with Crippen LogP contribution in [0.15, 0.2) is 0 Å². The van der Waals surface area contributed by atoms with Gasteiger partial charge in [0.2, 0.25) is 0 Å². The van der Waals surface area contributed by atoms with Crippen LogP contribution < -0.4 is 0 Å².